The van der Waals surface area contributed by atoms with Crippen LogP contribution in [0.2, 0.25) is 0 Å². The standard InChI is InChI=1S/C14H14BrFN2O/c1-9-5-10(7-17-2)8-18-14(9)19-13-6-11(15)3-4-12(13)16/h3-6,8,17H,7H2,1-2H3. The first kappa shape index (κ1) is 14.0. The van der Waals surface area contributed by atoms with E-state index in [1.165, 1.54) is 6.07 Å². The predicted octanol–water partition coefficient (Wildman–Crippen LogP) is 3.80. The molecule has 3 nitrogen and oxygen atoms in total. The topological polar surface area (TPSA) is 34.2 Å². The van der Waals surface area contributed by atoms with Crippen LogP contribution in [0.25, 0.3) is 0 Å². The van der Waals surface area contributed by atoms with Crippen LogP contribution < -0.4 is 10.1 Å². The minimum atomic E-state index is -0.413. The summed E-state index contributed by atoms with van der Waals surface area (Å²) in [4.78, 5) is 4.22. The smallest absolute Gasteiger partial charge is 0.222 e. The number of nitrogens with zero attached hydrogens (tertiary/aromatic N) is 1. The van der Waals surface area contributed by atoms with Gasteiger partial charge in [0.15, 0.2) is 11.6 Å². The van der Waals surface area contributed by atoms with Crippen LogP contribution in [0.4, 0.5) is 4.39 Å². The van der Waals surface area contributed by atoms with E-state index >= 15 is 0 Å². The normalized spacial score (nSPS) is 10.5. The van der Waals surface area contributed by atoms with Gasteiger partial charge in [0.1, 0.15) is 0 Å². The van der Waals surface area contributed by atoms with Gasteiger partial charge >= 0.3 is 0 Å². The third kappa shape index (κ3) is 3.52. The number of pyridine rings is 1. The van der Waals surface area contributed by atoms with Gasteiger partial charge in [0.05, 0.1) is 0 Å². The summed E-state index contributed by atoms with van der Waals surface area (Å²) < 4.78 is 19.9. The molecule has 1 aromatic carbocycles. The lowest BCUT2D eigenvalue weighted by atomic mass is 10.2. The van der Waals surface area contributed by atoms with Crippen LogP contribution in [0.1, 0.15) is 11.1 Å². The number of rotatable bonds is 4. The Morgan fingerprint density at radius 1 is 1.37 bits per heavy atom. The number of benzene rings is 1. The van der Waals surface area contributed by atoms with E-state index in [1.807, 2.05) is 20.0 Å². The van der Waals surface area contributed by atoms with E-state index in [1.54, 1.807) is 18.3 Å². The van der Waals surface area contributed by atoms with E-state index in [2.05, 4.69) is 26.2 Å². The van der Waals surface area contributed by atoms with Crippen molar-refractivity contribution in [1.29, 1.82) is 0 Å². The van der Waals surface area contributed by atoms with Gasteiger partial charge in [0.2, 0.25) is 5.88 Å². The van der Waals surface area contributed by atoms with Gasteiger partial charge in [0, 0.05) is 22.8 Å². The molecule has 0 saturated heterocycles. The number of hydrogen-bond acceptors (Lipinski definition) is 3. The molecule has 0 bridgehead atoms. The predicted molar refractivity (Wildman–Crippen MR) is 75.9 cm³/mol. The van der Waals surface area contributed by atoms with Gasteiger partial charge in [-0.3, -0.25) is 0 Å². The van der Waals surface area contributed by atoms with Crippen molar-refractivity contribution in [2.24, 2.45) is 0 Å². The number of aryl methyl sites for hydroxylation is 1. The van der Waals surface area contributed by atoms with Crippen molar-refractivity contribution in [1.82, 2.24) is 10.3 Å². The monoisotopic (exact) mass is 324 g/mol. The zero-order valence-corrected chi connectivity index (χ0v) is 12.3. The highest BCUT2D eigenvalue weighted by Crippen LogP contribution is 2.28. The first-order valence-corrected chi connectivity index (χ1v) is 6.62. The molecule has 0 spiro atoms. The molecule has 0 amide bonds. The van der Waals surface area contributed by atoms with Crippen molar-refractivity contribution < 1.29 is 9.13 Å². The Kier molecular flexibility index (Phi) is 4.50. The zero-order chi connectivity index (χ0) is 13.8. The van der Waals surface area contributed by atoms with Crippen LogP contribution in [-0.4, -0.2) is 12.0 Å². The zero-order valence-electron chi connectivity index (χ0n) is 10.7. The molecule has 0 saturated carbocycles. The fraction of sp³-hybridized carbons (Fsp3) is 0.214. The van der Waals surface area contributed by atoms with Crippen molar-refractivity contribution in [2.45, 2.75) is 13.5 Å². The first-order chi connectivity index (χ1) is 9.10. The molecule has 0 atom stereocenters. The second-order valence-corrected chi connectivity index (χ2v) is 5.09. The number of halogens is 2. The lowest BCUT2D eigenvalue weighted by molar-refractivity contribution is 0.423. The van der Waals surface area contributed by atoms with Gasteiger partial charge in [-0.25, -0.2) is 9.37 Å². The number of ether oxygens (including phenoxy) is 1. The van der Waals surface area contributed by atoms with E-state index < -0.39 is 5.82 Å². The van der Waals surface area contributed by atoms with E-state index in [9.17, 15) is 4.39 Å². The summed E-state index contributed by atoms with van der Waals surface area (Å²) in [7, 11) is 1.87. The van der Waals surface area contributed by atoms with Crippen LogP contribution in [0.3, 0.4) is 0 Å². The molecular weight excluding hydrogens is 311 g/mol. The number of nitrogens with one attached hydrogen (secondary N) is 1. The maximum absolute atomic E-state index is 13.6. The summed E-state index contributed by atoms with van der Waals surface area (Å²) in [5.41, 5.74) is 1.93. The summed E-state index contributed by atoms with van der Waals surface area (Å²) in [6.07, 6.45) is 1.72. The second-order valence-electron chi connectivity index (χ2n) is 4.17. The van der Waals surface area contributed by atoms with Gasteiger partial charge in [-0.15, -0.1) is 0 Å². The molecule has 5 heteroatoms. The molecule has 1 heterocycles. The molecule has 100 valence electrons. The van der Waals surface area contributed by atoms with Crippen LogP contribution in [-0.2, 0) is 6.54 Å². The molecule has 2 rings (SSSR count). The van der Waals surface area contributed by atoms with Crippen molar-refractivity contribution >= 4 is 15.9 Å². The quantitative estimate of drug-likeness (QED) is 0.928. The van der Waals surface area contributed by atoms with E-state index in [-0.39, 0.29) is 5.75 Å². The number of hydrogen-bond donors (Lipinski definition) is 1. The molecule has 0 aliphatic heterocycles. The van der Waals surface area contributed by atoms with Crippen LogP contribution in [0, 0.1) is 12.7 Å². The third-order valence-electron chi connectivity index (χ3n) is 2.57. The molecule has 0 fully saturated rings. The lowest BCUT2D eigenvalue weighted by Gasteiger charge is -2.10. The van der Waals surface area contributed by atoms with Gasteiger partial charge in [-0.2, -0.15) is 0 Å². The Hall–Kier alpha value is -1.46. The Balaban J connectivity index is 2.25. The minimum Gasteiger partial charge on any atom is -0.436 e. The summed E-state index contributed by atoms with van der Waals surface area (Å²) in [5, 5.41) is 3.05. The molecule has 0 radical (unpaired) electrons. The van der Waals surface area contributed by atoms with Crippen molar-refractivity contribution in [3.63, 3.8) is 0 Å². The maximum Gasteiger partial charge on any atom is 0.222 e. The summed E-state index contributed by atoms with van der Waals surface area (Å²) in [6.45, 7) is 2.62. The third-order valence-corrected chi connectivity index (χ3v) is 3.06. The Labute approximate surface area is 119 Å². The maximum atomic E-state index is 13.6. The van der Waals surface area contributed by atoms with E-state index in [0.29, 0.717) is 5.88 Å². The van der Waals surface area contributed by atoms with Crippen LogP contribution in [0.5, 0.6) is 11.6 Å². The van der Waals surface area contributed by atoms with Crippen molar-refractivity contribution in [3.8, 4) is 11.6 Å². The molecular formula is C14H14BrFN2O. The highest BCUT2D eigenvalue weighted by atomic mass is 79.9. The Morgan fingerprint density at radius 2 is 2.16 bits per heavy atom. The van der Waals surface area contributed by atoms with Crippen molar-refractivity contribution in [3.05, 3.63) is 51.9 Å². The van der Waals surface area contributed by atoms with Gasteiger partial charge in [-0.05, 0) is 43.8 Å². The molecule has 1 aromatic heterocycles. The van der Waals surface area contributed by atoms with Gasteiger partial charge < -0.3 is 10.1 Å². The summed E-state index contributed by atoms with van der Waals surface area (Å²) in [5.74, 6) is 0.159. The Bertz CT molecular complexity index is 590. The minimum absolute atomic E-state index is 0.159. The van der Waals surface area contributed by atoms with E-state index in [0.717, 1.165) is 22.1 Å². The molecule has 0 aliphatic rings. The first-order valence-electron chi connectivity index (χ1n) is 5.83. The highest BCUT2D eigenvalue weighted by molar-refractivity contribution is 9.10. The Morgan fingerprint density at radius 3 is 2.84 bits per heavy atom. The fourth-order valence-electron chi connectivity index (χ4n) is 1.69. The average Bonchev–Trinajstić information content (AvgIpc) is 2.37. The molecule has 1 N–H and O–H groups in total. The van der Waals surface area contributed by atoms with Gasteiger partial charge in [0.25, 0.3) is 0 Å². The largest absolute Gasteiger partial charge is 0.436 e. The highest BCUT2D eigenvalue weighted by Gasteiger charge is 2.09. The molecule has 0 aliphatic carbocycles. The van der Waals surface area contributed by atoms with Crippen LogP contribution in [0.15, 0.2) is 34.9 Å². The summed E-state index contributed by atoms with van der Waals surface area (Å²) >= 11 is 3.28. The fourth-order valence-corrected chi connectivity index (χ4v) is 2.03. The molecule has 2 aromatic rings. The van der Waals surface area contributed by atoms with Gasteiger partial charge in [-0.1, -0.05) is 15.9 Å². The second kappa shape index (κ2) is 6.12. The summed E-state index contributed by atoms with van der Waals surface area (Å²) in [6, 6.07) is 6.52. The SMILES string of the molecule is CNCc1cnc(Oc2cc(Br)ccc2F)c(C)c1. The van der Waals surface area contributed by atoms with Crippen molar-refractivity contribution in [2.75, 3.05) is 7.05 Å². The average molecular weight is 325 g/mol. The molecule has 19 heavy (non-hydrogen) atoms. The van der Waals surface area contributed by atoms with E-state index in [4.69, 9.17) is 4.74 Å². The number of aromatic nitrogens is 1. The lowest BCUT2D eigenvalue weighted by Crippen LogP contribution is -2.06. The molecule has 0 unspecified atom stereocenters. The van der Waals surface area contributed by atoms with Crippen LogP contribution >= 0.6 is 15.9 Å².